The van der Waals surface area contributed by atoms with Crippen molar-refractivity contribution in [2.45, 2.75) is 83.7 Å². The molecule has 1 spiro atoms. The largest absolute Gasteiger partial charge is 0.298 e. The second-order valence-corrected chi connectivity index (χ2v) is 10.4. The van der Waals surface area contributed by atoms with Gasteiger partial charge in [-0.15, -0.1) is 0 Å². The molecule has 130 valence electrons. The minimum Gasteiger partial charge on any atom is -0.298 e. The van der Waals surface area contributed by atoms with E-state index in [2.05, 4.69) is 24.5 Å². The van der Waals surface area contributed by atoms with Gasteiger partial charge in [0.2, 0.25) is 0 Å². The monoisotopic (exact) mass is 316 g/mol. The van der Waals surface area contributed by atoms with Crippen LogP contribution in [-0.2, 0) is 0 Å². The molecule has 0 unspecified atom stereocenters. The van der Waals surface area contributed by atoms with Crippen LogP contribution in [0.5, 0.6) is 0 Å². The summed E-state index contributed by atoms with van der Waals surface area (Å²) in [5.74, 6) is 4.13. The summed E-state index contributed by atoms with van der Waals surface area (Å²) in [6.45, 7) is 7.69. The number of hydrogen-bond acceptors (Lipinski definition) is 2. The molecule has 6 atom stereocenters. The van der Waals surface area contributed by atoms with Gasteiger partial charge in [-0.1, -0.05) is 20.3 Å². The third-order valence-corrected chi connectivity index (χ3v) is 9.58. The lowest BCUT2D eigenvalue weighted by Crippen LogP contribution is -2.60. The molecule has 0 aromatic rings. The molecule has 5 fully saturated rings. The number of nitrogens with one attached hydrogen (secondary N) is 2. The van der Waals surface area contributed by atoms with Crippen molar-refractivity contribution in [2.24, 2.45) is 34.5 Å². The number of rotatable bonds is 0. The lowest BCUT2D eigenvalue weighted by Gasteiger charge is -2.62. The molecule has 1 heterocycles. The Labute approximate surface area is 142 Å². The highest BCUT2D eigenvalue weighted by atomic mass is 15.3. The van der Waals surface area contributed by atoms with Crippen LogP contribution in [0, 0.1) is 34.5 Å². The molecule has 0 bridgehead atoms. The molecule has 2 heteroatoms. The molecule has 0 aromatic carbocycles. The van der Waals surface area contributed by atoms with E-state index >= 15 is 0 Å². The second-order valence-electron chi connectivity index (χ2n) is 10.4. The third kappa shape index (κ3) is 2.06. The van der Waals surface area contributed by atoms with Gasteiger partial charge in [-0.25, -0.2) is 0 Å². The van der Waals surface area contributed by atoms with E-state index in [0.29, 0.717) is 11.1 Å². The fourth-order valence-electron chi connectivity index (χ4n) is 8.25. The van der Waals surface area contributed by atoms with Crippen LogP contribution >= 0.6 is 0 Å². The molecule has 1 aliphatic heterocycles. The standard InChI is InChI=1S/C21H36N2/c1-19-8-3-4-17(19)16-6-5-15-14-21(22-12-13-23-21)11-10-20(15,2)18(16)7-9-19/h15-18,22-23H,3-14H2,1-2H3/t15-,16+,17+,18-,19-,20+/m1/s1. The van der Waals surface area contributed by atoms with Gasteiger partial charge in [-0.05, 0) is 92.3 Å². The summed E-state index contributed by atoms with van der Waals surface area (Å²) < 4.78 is 0. The van der Waals surface area contributed by atoms with Gasteiger partial charge in [0.1, 0.15) is 0 Å². The van der Waals surface area contributed by atoms with Gasteiger partial charge in [-0.2, -0.15) is 0 Å². The Morgan fingerprint density at radius 3 is 2.43 bits per heavy atom. The van der Waals surface area contributed by atoms with E-state index in [1.54, 1.807) is 19.3 Å². The van der Waals surface area contributed by atoms with E-state index in [1.165, 1.54) is 58.0 Å². The Hall–Kier alpha value is -0.0800. The van der Waals surface area contributed by atoms with Crippen molar-refractivity contribution >= 4 is 0 Å². The highest BCUT2D eigenvalue weighted by molar-refractivity contribution is 5.10. The summed E-state index contributed by atoms with van der Waals surface area (Å²) >= 11 is 0. The normalized spacial score (nSPS) is 54.5. The van der Waals surface area contributed by atoms with Gasteiger partial charge in [0.15, 0.2) is 0 Å². The van der Waals surface area contributed by atoms with Crippen molar-refractivity contribution in [2.75, 3.05) is 13.1 Å². The molecule has 4 aliphatic carbocycles. The molecule has 5 rings (SSSR count). The molecular weight excluding hydrogens is 280 g/mol. The van der Waals surface area contributed by atoms with Crippen molar-refractivity contribution < 1.29 is 0 Å². The lowest BCUT2D eigenvalue weighted by atomic mass is 9.44. The highest BCUT2D eigenvalue weighted by Gasteiger charge is 2.59. The summed E-state index contributed by atoms with van der Waals surface area (Å²) in [7, 11) is 0. The van der Waals surface area contributed by atoms with Crippen LogP contribution in [0.2, 0.25) is 0 Å². The summed E-state index contributed by atoms with van der Waals surface area (Å²) in [4.78, 5) is 0. The molecular formula is C21H36N2. The lowest BCUT2D eigenvalue weighted by molar-refractivity contribution is -0.118. The van der Waals surface area contributed by atoms with E-state index in [0.717, 1.165) is 29.1 Å². The van der Waals surface area contributed by atoms with Gasteiger partial charge in [0.05, 0.1) is 5.66 Å². The molecule has 1 saturated heterocycles. The molecule has 5 aliphatic rings. The first-order chi connectivity index (χ1) is 11.0. The van der Waals surface area contributed by atoms with E-state index in [4.69, 9.17) is 0 Å². The maximum absolute atomic E-state index is 3.83. The molecule has 0 amide bonds. The maximum Gasteiger partial charge on any atom is 0.0691 e. The molecule has 2 nitrogen and oxygen atoms in total. The van der Waals surface area contributed by atoms with Crippen LogP contribution in [-0.4, -0.2) is 18.8 Å². The molecule has 23 heavy (non-hydrogen) atoms. The van der Waals surface area contributed by atoms with Crippen molar-refractivity contribution in [3.8, 4) is 0 Å². The minimum absolute atomic E-state index is 0.313. The highest BCUT2D eigenvalue weighted by Crippen LogP contribution is 2.66. The van der Waals surface area contributed by atoms with Gasteiger partial charge in [0.25, 0.3) is 0 Å². The molecule has 0 radical (unpaired) electrons. The van der Waals surface area contributed by atoms with Crippen LogP contribution < -0.4 is 10.6 Å². The zero-order chi connectivity index (χ0) is 15.7. The fourth-order valence-corrected chi connectivity index (χ4v) is 8.25. The average Bonchev–Trinajstić information content (AvgIpc) is 3.15. The van der Waals surface area contributed by atoms with Gasteiger partial charge in [0, 0.05) is 13.1 Å². The van der Waals surface area contributed by atoms with Gasteiger partial charge >= 0.3 is 0 Å². The van der Waals surface area contributed by atoms with Crippen molar-refractivity contribution in [3.05, 3.63) is 0 Å². The Balaban J connectivity index is 1.41. The van der Waals surface area contributed by atoms with Crippen LogP contribution in [0.25, 0.3) is 0 Å². The number of hydrogen-bond donors (Lipinski definition) is 2. The van der Waals surface area contributed by atoms with Crippen LogP contribution in [0.4, 0.5) is 0 Å². The van der Waals surface area contributed by atoms with E-state index in [1.807, 2.05) is 0 Å². The van der Waals surface area contributed by atoms with Crippen LogP contribution in [0.1, 0.15) is 78.1 Å². The Morgan fingerprint density at radius 1 is 0.783 bits per heavy atom. The smallest absolute Gasteiger partial charge is 0.0691 e. The van der Waals surface area contributed by atoms with Crippen LogP contribution in [0.15, 0.2) is 0 Å². The first kappa shape index (κ1) is 15.2. The molecule has 0 aromatic heterocycles. The quantitative estimate of drug-likeness (QED) is 0.696. The van der Waals surface area contributed by atoms with Crippen molar-refractivity contribution in [1.29, 1.82) is 0 Å². The first-order valence-electron chi connectivity index (χ1n) is 10.5. The van der Waals surface area contributed by atoms with Gasteiger partial charge < -0.3 is 0 Å². The predicted molar refractivity (Wildman–Crippen MR) is 95.1 cm³/mol. The van der Waals surface area contributed by atoms with Gasteiger partial charge in [-0.3, -0.25) is 10.6 Å². The predicted octanol–water partition coefficient (Wildman–Crippen LogP) is 4.31. The summed E-state index contributed by atoms with van der Waals surface area (Å²) in [6, 6.07) is 0. The second kappa shape index (κ2) is 4.97. The SMILES string of the molecule is C[C@]12CCC[C@H]1[C@@H]1CC[C@@H]3CC4(CC[C@]3(C)[C@@H]1CC2)NCCN4. The summed E-state index contributed by atoms with van der Waals surface area (Å²) in [6.07, 6.45) is 14.9. The molecule has 4 saturated carbocycles. The van der Waals surface area contributed by atoms with E-state index in [-0.39, 0.29) is 0 Å². The Kier molecular flexibility index (Phi) is 3.29. The molecule has 2 N–H and O–H groups in total. The maximum atomic E-state index is 3.83. The Bertz CT molecular complexity index is 482. The zero-order valence-corrected chi connectivity index (χ0v) is 15.3. The summed E-state index contributed by atoms with van der Waals surface area (Å²) in [5, 5.41) is 7.65. The first-order valence-corrected chi connectivity index (χ1v) is 10.5. The Morgan fingerprint density at radius 2 is 1.61 bits per heavy atom. The zero-order valence-electron chi connectivity index (χ0n) is 15.3. The number of fused-ring (bicyclic) bond motifs is 5. The van der Waals surface area contributed by atoms with E-state index < -0.39 is 0 Å². The minimum atomic E-state index is 0.313. The average molecular weight is 317 g/mol. The fraction of sp³-hybridized carbons (Fsp3) is 1.00. The van der Waals surface area contributed by atoms with Crippen molar-refractivity contribution in [1.82, 2.24) is 10.6 Å². The van der Waals surface area contributed by atoms with E-state index in [9.17, 15) is 0 Å². The third-order valence-electron chi connectivity index (χ3n) is 9.58. The van der Waals surface area contributed by atoms with Crippen LogP contribution in [0.3, 0.4) is 0 Å². The van der Waals surface area contributed by atoms with Crippen molar-refractivity contribution in [3.63, 3.8) is 0 Å². The topological polar surface area (TPSA) is 24.1 Å². The summed E-state index contributed by atoms with van der Waals surface area (Å²) in [5.41, 5.74) is 1.67.